The van der Waals surface area contributed by atoms with Gasteiger partial charge in [0, 0.05) is 0 Å². The van der Waals surface area contributed by atoms with E-state index in [1.807, 2.05) is 0 Å². The molecule has 37 heavy (non-hydrogen) atoms. The van der Waals surface area contributed by atoms with E-state index in [0.717, 1.165) is 47.8 Å². The summed E-state index contributed by atoms with van der Waals surface area (Å²) in [6.07, 6.45) is 22.0. The molecule has 3 saturated carbocycles. The lowest BCUT2D eigenvalue weighted by Gasteiger charge is -2.39. The molecule has 0 bridgehead atoms. The summed E-state index contributed by atoms with van der Waals surface area (Å²) in [6.45, 7) is 4.63. The van der Waals surface area contributed by atoms with Crippen LogP contribution in [0.5, 0.6) is 5.75 Å². The van der Waals surface area contributed by atoms with Crippen molar-refractivity contribution in [2.75, 3.05) is 0 Å². The average Bonchev–Trinajstić information content (AvgIpc) is 2.96. The Morgan fingerprint density at radius 1 is 0.730 bits per heavy atom. The normalized spacial score (nSPS) is 34.0. The van der Waals surface area contributed by atoms with E-state index in [1.165, 1.54) is 102 Å². The monoisotopic (exact) mass is 500 g/mol. The summed E-state index contributed by atoms with van der Waals surface area (Å²) in [7, 11) is 0. The topological polar surface area (TPSA) is 56.8 Å². The van der Waals surface area contributed by atoms with Crippen molar-refractivity contribution >= 4 is 0 Å². The molecule has 5 rings (SSSR count). The third-order valence-electron chi connectivity index (χ3n) is 11.0. The minimum Gasteiger partial charge on any atom is -0.488 e. The molecule has 1 atom stereocenters. The summed E-state index contributed by atoms with van der Waals surface area (Å²) < 4.78 is 6.60. The number of ether oxygens (including phenoxy) is 1. The van der Waals surface area contributed by atoms with Crippen LogP contribution in [0.25, 0.3) is 0 Å². The Hall–Kier alpha value is -2.00. The highest BCUT2D eigenvalue weighted by Crippen LogP contribution is 2.47. The van der Waals surface area contributed by atoms with Gasteiger partial charge >= 0.3 is 0 Å². The van der Waals surface area contributed by atoms with Crippen molar-refractivity contribution in [3.63, 3.8) is 0 Å². The fraction of sp³-hybridized carbons (Fsp3) is 0.765. The molecule has 3 heteroatoms. The number of fused-ring (bicyclic) bond motifs is 1. The first kappa shape index (κ1) is 26.6. The van der Waals surface area contributed by atoms with Gasteiger partial charge in [-0.2, -0.15) is 10.5 Å². The third kappa shape index (κ3) is 5.72. The molecule has 3 fully saturated rings. The molecule has 0 saturated heterocycles. The molecule has 1 aromatic carbocycles. The number of benzene rings is 1. The van der Waals surface area contributed by atoms with E-state index in [1.54, 1.807) is 0 Å². The van der Waals surface area contributed by atoms with Crippen LogP contribution >= 0.6 is 0 Å². The Balaban J connectivity index is 1.26. The SMILES string of the molecule is CCCC1CCC(C2CCC(c3cc4c(c(C#N)c3C#N)OC(C3CCC(CC)CC3)CC4)CC2)CC1. The summed E-state index contributed by atoms with van der Waals surface area (Å²) in [5, 5.41) is 20.4. The number of nitriles is 2. The van der Waals surface area contributed by atoms with E-state index in [2.05, 4.69) is 32.1 Å². The minimum absolute atomic E-state index is 0.206. The zero-order valence-electron chi connectivity index (χ0n) is 23.4. The van der Waals surface area contributed by atoms with Gasteiger partial charge in [-0.1, -0.05) is 64.9 Å². The molecule has 0 radical (unpaired) electrons. The van der Waals surface area contributed by atoms with Crippen LogP contribution in [0.15, 0.2) is 6.07 Å². The first-order chi connectivity index (χ1) is 18.1. The first-order valence-corrected chi connectivity index (χ1v) is 15.8. The first-order valence-electron chi connectivity index (χ1n) is 15.8. The van der Waals surface area contributed by atoms with Gasteiger partial charge < -0.3 is 4.74 Å². The molecule has 3 aliphatic carbocycles. The zero-order valence-corrected chi connectivity index (χ0v) is 23.4. The van der Waals surface area contributed by atoms with E-state index < -0.39 is 0 Å². The number of rotatable bonds is 6. The lowest BCUT2D eigenvalue weighted by molar-refractivity contribution is 0.0761. The molecule has 0 aromatic heterocycles. The molecular weight excluding hydrogens is 452 g/mol. The van der Waals surface area contributed by atoms with E-state index in [9.17, 15) is 10.5 Å². The predicted molar refractivity (Wildman–Crippen MR) is 149 cm³/mol. The van der Waals surface area contributed by atoms with Gasteiger partial charge in [0.2, 0.25) is 0 Å². The van der Waals surface area contributed by atoms with Crippen LogP contribution in [0, 0.1) is 52.3 Å². The molecular formula is C34H48N2O. The lowest BCUT2D eigenvalue weighted by atomic mass is 9.67. The maximum Gasteiger partial charge on any atom is 0.142 e. The zero-order chi connectivity index (χ0) is 25.8. The summed E-state index contributed by atoms with van der Waals surface area (Å²) in [5.41, 5.74) is 3.47. The smallest absolute Gasteiger partial charge is 0.142 e. The average molecular weight is 501 g/mol. The summed E-state index contributed by atoms with van der Waals surface area (Å²) in [4.78, 5) is 0. The van der Waals surface area contributed by atoms with Crippen molar-refractivity contribution < 1.29 is 4.74 Å². The van der Waals surface area contributed by atoms with Gasteiger partial charge in [-0.15, -0.1) is 0 Å². The summed E-state index contributed by atoms with van der Waals surface area (Å²) in [5.74, 6) is 5.39. The van der Waals surface area contributed by atoms with Gasteiger partial charge in [-0.3, -0.25) is 0 Å². The van der Waals surface area contributed by atoms with Crippen LogP contribution in [0.1, 0.15) is 145 Å². The molecule has 1 heterocycles. The Bertz CT molecular complexity index is 992. The standard InChI is InChI=1S/C34H48N2O/c1-3-5-24-8-10-25(11-9-24)26-14-16-27(17-15-26)30-20-29-18-19-33(28-12-6-23(4-2)7-13-28)37-34(29)32(22-36)31(30)21-35/h20,23-28,33H,3-19H2,1-2H3. The van der Waals surface area contributed by atoms with Crippen molar-refractivity contribution in [1.29, 1.82) is 10.5 Å². The molecule has 4 aliphatic rings. The number of aryl methyl sites for hydroxylation is 1. The molecule has 0 amide bonds. The van der Waals surface area contributed by atoms with Crippen LogP contribution in [-0.2, 0) is 6.42 Å². The number of hydrogen-bond acceptors (Lipinski definition) is 3. The van der Waals surface area contributed by atoms with E-state index in [4.69, 9.17) is 4.74 Å². The van der Waals surface area contributed by atoms with Gasteiger partial charge in [0.05, 0.1) is 5.56 Å². The highest BCUT2D eigenvalue weighted by molar-refractivity contribution is 5.62. The lowest BCUT2D eigenvalue weighted by Crippen LogP contribution is -2.34. The van der Waals surface area contributed by atoms with Gasteiger partial charge in [-0.25, -0.2) is 0 Å². The summed E-state index contributed by atoms with van der Waals surface area (Å²) >= 11 is 0. The van der Waals surface area contributed by atoms with Crippen LogP contribution in [0.4, 0.5) is 0 Å². The molecule has 0 N–H and O–H groups in total. The van der Waals surface area contributed by atoms with Gasteiger partial charge in [0.25, 0.3) is 0 Å². The number of nitrogens with zero attached hydrogens (tertiary/aromatic N) is 2. The van der Waals surface area contributed by atoms with Crippen molar-refractivity contribution in [2.45, 2.75) is 135 Å². The molecule has 1 aliphatic heterocycles. The number of hydrogen-bond donors (Lipinski definition) is 0. The molecule has 1 aromatic rings. The van der Waals surface area contributed by atoms with E-state index in [0.29, 0.717) is 23.0 Å². The van der Waals surface area contributed by atoms with Crippen molar-refractivity contribution in [3.05, 3.63) is 28.3 Å². The Kier molecular flexibility index (Phi) is 8.80. The second-order valence-corrected chi connectivity index (χ2v) is 13.0. The van der Waals surface area contributed by atoms with Gasteiger partial charge in [0.15, 0.2) is 0 Å². The van der Waals surface area contributed by atoms with Crippen LogP contribution in [0.2, 0.25) is 0 Å². The quantitative estimate of drug-likeness (QED) is 0.391. The largest absolute Gasteiger partial charge is 0.488 e. The highest BCUT2D eigenvalue weighted by atomic mass is 16.5. The van der Waals surface area contributed by atoms with Crippen molar-refractivity contribution in [2.24, 2.45) is 29.6 Å². The maximum atomic E-state index is 10.2. The van der Waals surface area contributed by atoms with E-state index >= 15 is 0 Å². The Morgan fingerprint density at radius 2 is 1.32 bits per heavy atom. The maximum absolute atomic E-state index is 10.2. The van der Waals surface area contributed by atoms with Crippen LogP contribution < -0.4 is 4.74 Å². The molecule has 3 nitrogen and oxygen atoms in total. The van der Waals surface area contributed by atoms with Crippen LogP contribution in [-0.4, -0.2) is 6.10 Å². The fourth-order valence-corrected chi connectivity index (χ4v) is 8.68. The van der Waals surface area contributed by atoms with Gasteiger partial charge in [0.1, 0.15) is 29.6 Å². The van der Waals surface area contributed by atoms with Crippen LogP contribution in [0.3, 0.4) is 0 Å². The second kappa shape index (κ2) is 12.2. The fourth-order valence-electron chi connectivity index (χ4n) is 8.68. The van der Waals surface area contributed by atoms with E-state index in [-0.39, 0.29) is 6.10 Å². The summed E-state index contributed by atoms with van der Waals surface area (Å²) in [6, 6.07) is 7.16. The highest BCUT2D eigenvalue weighted by Gasteiger charge is 2.36. The molecule has 1 unspecified atom stereocenters. The predicted octanol–water partition coefficient (Wildman–Crippen LogP) is 9.22. The Morgan fingerprint density at radius 3 is 1.92 bits per heavy atom. The molecule has 0 spiro atoms. The minimum atomic E-state index is 0.206. The van der Waals surface area contributed by atoms with Crippen molar-refractivity contribution in [1.82, 2.24) is 0 Å². The molecule has 200 valence electrons. The second-order valence-electron chi connectivity index (χ2n) is 13.0. The van der Waals surface area contributed by atoms with Gasteiger partial charge in [-0.05, 0) is 111 Å². The third-order valence-corrected chi connectivity index (χ3v) is 11.0. The van der Waals surface area contributed by atoms with Crippen molar-refractivity contribution in [3.8, 4) is 17.9 Å². The Labute approximate surface area is 226 Å².